The van der Waals surface area contributed by atoms with E-state index in [1.165, 1.54) is 5.56 Å². The summed E-state index contributed by atoms with van der Waals surface area (Å²) in [4.78, 5) is 19.3. The number of aliphatic imine (C=N–C) groups is 1. The summed E-state index contributed by atoms with van der Waals surface area (Å²) in [6, 6.07) is 18.1. The van der Waals surface area contributed by atoms with Crippen LogP contribution in [0.1, 0.15) is 35.3 Å². The molecule has 124 valence electrons. The Morgan fingerprint density at radius 2 is 1.75 bits per heavy atom. The minimum absolute atomic E-state index is 0.106. The maximum absolute atomic E-state index is 12.5. The van der Waals surface area contributed by atoms with E-state index in [0.717, 1.165) is 16.8 Å². The predicted molar refractivity (Wildman–Crippen MR) is 101 cm³/mol. The van der Waals surface area contributed by atoms with Crippen molar-refractivity contribution in [1.29, 1.82) is 0 Å². The first kappa shape index (κ1) is 17.4. The number of hydrogen-bond donors (Lipinski definition) is 0. The van der Waals surface area contributed by atoms with Crippen molar-refractivity contribution in [2.75, 3.05) is 0 Å². The van der Waals surface area contributed by atoms with Crippen LogP contribution in [0.15, 0.2) is 59.6 Å². The van der Waals surface area contributed by atoms with E-state index in [0.29, 0.717) is 31.8 Å². The molecule has 1 amide bonds. The number of hydrogen-bond acceptors (Lipinski definition) is 1. The van der Waals surface area contributed by atoms with E-state index in [2.05, 4.69) is 48.0 Å². The molecule has 1 fully saturated rings. The fourth-order valence-electron chi connectivity index (χ4n) is 2.41. The van der Waals surface area contributed by atoms with Crippen LogP contribution in [0.2, 0.25) is 0 Å². The summed E-state index contributed by atoms with van der Waals surface area (Å²) in [7, 11) is 0. The van der Waals surface area contributed by atoms with Crippen molar-refractivity contribution in [3.8, 4) is 0 Å². The maximum atomic E-state index is 12.5. The summed E-state index contributed by atoms with van der Waals surface area (Å²) in [5, 5.41) is 0. The molecule has 0 radical (unpaired) electrons. The van der Waals surface area contributed by atoms with Crippen molar-refractivity contribution in [3.05, 3.63) is 71.3 Å². The van der Waals surface area contributed by atoms with Gasteiger partial charge in [-0.25, -0.2) is 0 Å². The summed E-state index contributed by atoms with van der Waals surface area (Å²) in [6.07, 6.45) is 0. The number of benzene rings is 2. The molecule has 2 aromatic rings. The molecule has 1 aliphatic heterocycles. The van der Waals surface area contributed by atoms with Gasteiger partial charge in [0.1, 0.15) is 0 Å². The Morgan fingerprint density at radius 3 is 2.42 bits per heavy atom. The van der Waals surface area contributed by atoms with E-state index in [9.17, 15) is 4.79 Å². The topological polar surface area (TPSA) is 32.7 Å². The molecule has 0 saturated carbocycles. The van der Waals surface area contributed by atoms with Gasteiger partial charge in [0.25, 0.3) is 0 Å². The summed E-state index contributed by atoms with van der Waals surface area (Å²) >= 11 is 0.771. The molecule has 1 heterocycles. The molecule has 3 rings (SSSR count). The molecular weight excluding hydrogens is 430 g/mol. The van der Waals surface area contributed by atoms with Crippen LogP contribution in [0.3, 0.4) is 0 Å². The molecule has 0 unspecified atom stereocenters. The van der Waals surface area contributed by atoms with Gasteiger partial charge in [-0.3, -0.25) is 0 Å². The summed E-state index contributed by atoms with van der Waals surface area (Å²) in [5.74, 6) is -0.126. The first-order valence-corrected chi connectivity index (χ1v) is 13.9. The summed E-state index contributed by atoms with van der Waals surface area (Å²) in [5.41, 5.74) is 3.08. The van der Waals surface area contributed by atoms with Crippen LogP contribution in [-0.4, -0.2) is 46.2 Å². The monoisotopic (exact) mass is 452 g/mol. The van der Waals surface area contributed by atoms with Gasteiger partial charge in [-0.05, 0) is 0 Å². The first-order chi connectivity index (χ1) is 11.5. The van der Waals surface area contributed by atoms with Gasteiger partial charge in [0.05, 0.1) is 0 Å². The molecule has 0 aliphatic carbocycles. The fraction of sp³-hybridized carbons (Fsp3) is 0.263. The second-order valence-corrected chi connectivity index (χ2v) is 13.4. The molecule has 3 nitrogen and oxygen atoms in total. The Kier molecular flexibility index (Phi) is 5.26. The van der Waals surface area contributed by atoms with Crippen molar-refractivity contribution in [3.63, 3.8) is 0 Å². The van der Waals surface area contributed by atoms with Crippen molar-refractivity contribution in [2.24, 2.45) is 4.99 Å². The van der Waals surface area contributed by atoms with Crippen LogP contribution in [-0.2, 0) is 6.54 Å². The van der Waals surface area contributed by atoms with E-state index in [1.807, 2.05) is 37.3 Å². The van der Waals surface area contributed by atoms with Gasteiger partial charge in [0.15, 0.2) is 0 Å². The average molecular weight is 450 g/mol. The zero-order valence-electron chi connectivity index (χ0n) is 14.0. The van der Waals surface area contributed by atoms with Crippen LogP contribution in [0.5, 0.6) is 0 Å². The summed E-state index contributed by atoms with van der Waals surface area (Å²) in [6.45, 7) is 7.36. The molecule has 0 spiro atoms. The van der Waals surface area contributed by atoms with E-state index in [4.69, 9.17) is 0 Å². The predicted octanol–water partition coefficient (Wildman–Crippen LogP) is 3.07. The van der Waals surface area contributed by atoms with Gasteiger partial charge in [0.2, 0.25) is 0 Å². The molecule has 1 aliphatic rings. The number of amidine groups is 1. The van der Waals surface area contributed by atoms with E-state index >= 15 is 0 Å². The second kappa shape index (κ2) is 7.24. The second-order valence-electron chi connectivity index (χ2n) is 6.25. The van der Waals surface area contributed by atoms with Crippen LogP contribution < -0.4 is 0 Å². The van der Waals surface area contributed by atoms with Gasteiger partial charge in [-0.15, -0.1) is 0 Å². The molecule has 1 saturated heterocycles. The number of aryl methyl sites for hydroxylation is 1. The van der Waals surface area contributed by atoms with Gasteiger partial charge < -0.3 is 0 Å². The molecule has 0 bridgehead atoms. The molecule has 5 heteroatoms. The molecule has 0 aromatic heterocycles. The Balaban J connectivity index is 1.85. The Labute approximate surface area is 154 Å². The zero-order chi connectivity index (χ0) is 17.2. The quantitative estimate of drug-likeness (QED) is 0.674. The Bertz CT molecular complexity index is 755. The van der Waals surface area contributed by atoms with E-state index in [-0.39, 0.29) is 10.3 Å². The number of amides is 1. The average Bonchev–Trinajstić information content (AvgIpc) is 2.84. The number of rotatable bonds is 3. The standard InChI is InChI=1S/C19H20N2OSe2/c1-14-9-11-16(12-10-14)17(22)20-18-21(19(2,3)24-23-18)13-15-7-5-4-6-8-15/h4-12H,13H2,1-3H3. The van der Waals surface area contributed by atoms with Crippen LogP contribution >= 0.6 is 0 Å². The number of nitrogens with zero attached hydrogens (tertiary/aromatic N) is 2. The van der Waals surface area contributed by atoms with Crippen LogP contribution in [0, 0.1) is 6.92 Å². The van der Waals surface area contributed by atoms with Gasteiger partial charge in [-0.1, -0.05) is 0 Å². The molecule has 2 aromatic carbocycles. The van der Waals surface area contributed by atoms with E-state index in [1.54, 1.807) is 0 Å². The SMILES string of the molecule is Cc1ccc(C(=O)N=C2[Se][Se]C(C)(C)N2Cc2ccccc2)cc1. The molecule has 24 heavy (non-hydrogen) atoms. The third kappa shape index (κ3) is 3.99. The van der Waals surface area contributed by atoms with Crippen LogP contribution in [0.25, 0.3) is 0 Å². The van der Waals surface area contributed by atoms with Crippen molar-refractivity contribution in [1.82, 2.24) is 4.90 Å². The fourth-order valence-corrected chi connectivity index (χ4v) is 10.3. The van der Waals surface area contributed by atoms with Crippen molar-refractivity contribution < 1.29 is 4.79 Å². The van der Waals surface area contributed by atoms with Gasteiger partial charge >= 0.3 is 155 Å². The van der Waals surface area contributed by atoms with Gasteiger partial charge in [-0.2, -0.15) is 0 Å². The summed E-state index contributed by atoms with van der Waals surface area (Å²) < 4.78 is 1.09. The first-order valence-electron chi connectivity index (χ1n) is 7.83. The normalized spacial score (nSPS) is 18.1. The molecular formula is C19H20N2OSe2. The minimum atomic E-state index is -0.126. The van der Waals surface area contributed by atoms with Crippen LogP contribution in [0.4, 0.5) is 0 Å². The van der Waals surface area contributed by atoms with Crippen molar-refractivity contribution >= 4 is 36.9 Å². The Hall–Kier alpha value is -1.38. The van der Waals surface area contributed by atoms with Gasteiger partial charge in [0, 0.05) is 0 Å². The third-order valence-electron chi connectivity index (χ3n) is 3.88. The Morgan fingerprint density at radius 1 is 1.08 bits per heavy atom. The molecule has 0 N–H and O–H groups in total. The zero-order valence-corrected chi connectivity index (χ0v) is 17.4. The molecule has 0 atom stereocenters. The third-order valence-corrected chi connectivity index (χ3v) is 13.3. The number of carbonyl (C=O) groups is 1. The van der Waals surface area contributed by atoms with E-state index < -0.39 is 0 Å². The van der Waals surface area contributed by atoms with Crippen molar-refractivity contribution in [2.45, 2.75) is 31.8 Å². The number of carbonyl (C=O) groups excluding carboxylic acids is 1.